The molecule has 23 heavy (non-hydrogen) atoms. The van der Waals surface area contributed by atoms with Crippen molar-refractivity contribution in [3.63, 3.8) is 0 Å². The molecular formula is C17H22N4OS. The number of amides is 1. The quantitative estimate of drug-likeness (QED) is 0.828. The van der Waals surface area contributed by atoms with Crippen LogP contribution in [0.5, 0.6) is 0 Å². The molecule has 1 saturated carbocycles. The summed E-state index contributed by atoms with van der Waals surface area (Å²) in [6.07, 6.45) is 4.96. The number of hydrogen-bond donors (Lipinski definition) is 1. The summed E-state index contributed by atoms with van der Waals surface area (Å²) in [7, 11) is 2.00. The molecule has 3 rings (SSSR count). The van der Waals surface area contributed by atoms with Crippen LogP contribution < -0.4 is 5.32 Å². The lowest BCUT2D eigenvalue weighted by molar-refractivity contribution is -0.118. The van der Waals surface area contributed by atoms with Crippen molar-refractivity contribution < 1.29 is 4.79 Å². The lowest BCUT2D eigenvalue weighted by Crippen LogP contribution is -2.24. The molecule has 122 valence electrons. The van der Waals surface area contributed by atoms with Crippen LogP contribution in [0.15, 0.2) is 35.5 Å². The fourth-order valence-corrected chi connectivity index (χ4v) is 3.72. The van der Waals surface area contributed by atoms with Gasteiger partial charge in [0, 0.05) is 19.5 Å². The molecule has 1 aliphatic carbocycles. The predicted octanol–water partition coefficient (Wildman–Crippen LogP) is 2.88. The van der Waals surface area contributed by atoms with Gasteiger partial charge in [-0.3, -0.25) is 4.79 Å². The van der Waals surface area contributed by atoms with E-state index in [1.807, 2.05) is 41.9 Å². The number of carbonyl (C=O) groups excluding carboxylic acids is 1. The Morgan fingerprint density at radius 1 is 1.26 bits per heavy atom. The van der Waals surface area contributed by atoms with Crippen LogP contribution in [0.3, 0.4) is 0 Å². The largest absolute Gasteiger partial charge is 0.351 e. The Labute approximate surface area is 140 Å². The molecule has 0 spiro atoms. The molecule has 6 heteroatoms. The molecule has 1 aromatic heterocycles. The SMILES string of the molecule is Cn1c(SCC(=O)NCc2ccccc2)nnc1C1CCCC1. The van der Waals surface area contributed by atoms with Crippen LogP contribution in [0, 0.1) is 0 Å². The summed E-state index contributed by atoms with van der Waals surface area (Å²) >= 11 is 1.45. The first-order valence-corrected chi connectivity index (χ1v) is 9.05. The Morgan fingerprint density at radius 2 is 2.00 bits per heavy atom. The molecular weight excluding hydrogens is 308 g/mol. The van der Waals surface area contributed by atoms with Crippen LogP contribution in [-0.2, 0) is 18.4 Å². The molecule has 0 unspecified atom stereocenters. The fraction of sp³-hybridized carbons (Fsp3) is 0.471. The van der Waals surface area contributed by atoms with E-state index in [1.165, 1.54) is 37.4 Å². The summed E-state index contributed by atoms with van der Waals surface area (Å²) in [6.45, 7) is 0.562. The van der Waals surface area contributed by atoms with Gasteiger partial charge in [0.1, 0.15) is 5.82 Å². The summed E-state index contributed by atoms with van der Waals surface area (Å²) in [4.78, 5) is 12.0. The number of benzene rings is 1. The van der Waals surface area contributed by atoms with E-state index in [0.29, 0.717) is 18.2 Å². The molecule has 0 radical (unpaired) electrons. The van der Waals surface area contributed by atoms with Gasteiger partial charge in [-0.2, -0.15) is 0 Å². The topological polar surface area (TPSA) is 59.8 Å². The van der Waals surface area contributed by atoms with E-state index in [2.05, 4.69) is 15.5 Å². The van der Waals surface area contributed by atoms with Crippen molar-refractivity contribution in [1.82, 2.24) is 20.1 Å². The predicted molar refractivity (Wildman–Crippen MR) is 91.2 cm³/mol. The fourth-order valence-electron chi connectivity index (χ4n) is 2.97. The molecule has 5 nitrogen and oxygen atoms in total. The molecule has 1 amide bonds. The summed E-state index contributed by atoms with van der Waals surface area (Å²) in [6, 6.07) is 9.92. The van der Waals surface area contributed by atoms with E-state index < -0.39 is 0 Å². The van der Waals surface area contributed by atoms with Crippen molar-refractivity contribution in [2.24, 2.45) is 7.05 Å². The average Bonchev–Trinajstić information content (AvgIpc) is 3.22. The van der Waals surface area contributed by atoms with Gasteiger partial charge in [0.25, 0.3) is 0 Å². The number of nitrogens with one attached hydrogen (secondary N) is 1. The maximum Gasteiger partial charge on any atom is 0.230 e. The lowest BCUT2D eigenvalue weighted by atomic mass is 10.1. The van der Waals surface area contributed by atoms with Crippen molar-refractivity contribution in [2.45, 2.75) is 43.3 Å². The summed E-state index contributed by atoms with van der Waals surface area (Å²) in [5.74, 6) is 1.98. The van der Waals surface area contributed by atoms with Gasteiger partial charge in [-0.05, 0) is 18.4 Å². The number of rotatable bonds is 6. The monoisotopic (exact) mass is 330 g/mol. The van der Waals surface area contributed by atoms with Gasteiger partial charge in [-0.1, -0.05) is 54.9 Å². The third kappa shape index (κ3) is 4.13. The minimum Gasteiger partial charge on any atom is -0.351 e. The molecule has 2 aromatic rings. The number of thioether (sulfide) groups is 1. The molecule has 1 aliphatic rings. The first kappa shape index (κ1) is 16.1. The van der Waals surface area contributed by atoms with E-state index in [9.17, 15) is 4.79 Å². The number of carbonyl (C=O) groups is 1. The maximum atomic E-state index is 12.0. The van der Waals surface area contributed by atoms with E-state index in [4.69, 9.17) is 0 Å². The van der Waals surface area contributed by atoms with E-state index in [0.717, 1.165) is 16.5 Å². The Morgan fingerprint density at radius 3 is 2.74 bits per heavy atom. The molecule has 1 aromatic carbocycles. The van der Waals surface area contributed by atoms with Gasteiger partial charge >= 0.3 is 0 Å². The van der Waals surface area contributed by atoms with Crippen LogP contribution in [-0.4, -0.2) is 26.4 Å². The molecule has 1 N–H and O–H groups in total. The van der Waals surface area contributed by atoms with Crippen LogP contribution in [0.2, 0.25) is 0 Å². The molecule has 0 atom stereocenters. The van der Waals surface area contributed by atoms with Gasteiger partial charge in [-0.15, -0.1) is 10.2 Å². The molecule has 0 saturated heterocycles. The second-order valence-corrected chi connectivity index (χ2v) is 6.87. The van der Waals surface area contributed by atoms with Crippen LogP contribution >= 0.6 is 11.8 Å². The van der Waals surface area contributed by atoms with Crippen LogP contribution in [0.25, 0.3) is 0 Å². The van der Waals surface area contributed by atoms with Crippen molar-refractivity contribution in [2.75, 3.05) is 5.75 Å². The summed E-state index contributed by atoms with van der Waals surface area (Å²) in [5.41, 5.74) is 1.10. The van der Waals surface area contributed by atoms with Crippen molar-refractivity contribution in [3.05, 3.63) is 41.7 Å². The molecule has 0 aliphatic heterocycles. The van der Waals surface area contributed by atoms with Gasteiger partial charge in [0.05, 0.1) is 5.75 Å². The zero-order chi connectivity index (χ0) is 16.1. The van der Waals surface area contributed by atoms with Crippen molar-refractivity contribution >= 4 is 17.7 Å². The third-order valence-corrected chi connectivity index (χ3v) is 5.27. The van der Waals surface area contributed by atoms with Crippen molar-refractivity contribution in [1.29, 1.82) is 0 Å². The third-order valence-electron chi connectivity index (χ3n) is 4.25. The highest BCUT2D eigenvalue weighted by molar-refractivity contribution is 7.99. The smallest absolute Gasteiger partial charge is 0.230 e. The summed E-state index contributed by atoms with van der Waals surface area (Å²) in [5, 5.41) is 12.3. The Hall–Kier alpha value is -1.82. The zero-order valence-electron chi connectivity index (χ0n) is 13.4. The summed E-state index contributed by atoms with van der Waals surface area (Å²) < 4.78 is 2.05. The van der Waals surface area contributed by atoms with Gasteiger partial charge in [0.2, 0.25) is 5.91 Å². The maximum absolute atomic E-state index is 12.0. The first-order chi connectivity index (χ1) is 11.2. The number of aromatic nitrogens is 3. The standard InChI is InChI=1S/C17H22N4OS/c1-21-16(14-9-5-6-10-14)19-20-17(21)23-12-15(22)18-11-13-7-3-2-4-8-13/h2-4,7-8,14H,5-6,9-12H2,1H3,(H,18,22). The van der Waals surface area contributed by atoms with Crippen LogP contribution in [0.1, 0.15) is 43.0 Å². The molecule has 1 fully saturated rings. The highest BCUT2D eigenvalue weighted by atomic mass is 32.2. The second kappa shape index (κ2) is 7.64. The van der Waals surface area contributed by atoms with E-state index >= 15 is 0 Å². The van der Waals surface area contributed by atoms with Gasteiger partial charge < -0.3 is 9.88 Å². The van der Waals surface area contributed by atoms with Gasteiger partial charge in [-0.25, -0.2) is 0 Å². The minimum atomic E-state index is 0.0178. The average molecular weight is 330 g/mol. The lowest BCUT2D eigenvalue weighted by Gasteiger charge is -2.09. The Kier molecular flexibility index (Phi) is 5.33. The number of hydrogen-bond acceptors (Lipinski definition) is 4. The Bertz CT molecular complexity index is 650. The normalized spacial score (nSPS) is 15.0. The molecule has 0 bridgehead atoms. The van der Waals surface area contributed by atoms with E-state index in [1.54, 1.807) is 0 Å². The van der Waals surface area contributed by atoms with Crippen LogP contribution in [0.4, 0.5) is 0 Å². The van der Waals surface area contributed by atoms with Crippen molar-refractivity contribution in [3.8, 4) is 0 Å². The first-order valence-electron chi connectivity index (χ1n) is 8.07. The minimum absolute atomic E-state index is 0.0178. The number of nitrogens with zero attached hydrogens (tertiary/aromatic N) is 3. The Balaban J connectivity index is 1.49. The molecule has 1 heterocycles. The highest BCUT2D eigenvalue weighted by Crippen LogP contribution is 2.33. The zero-order valence-corrected chi connectivity index (χ0v) is 14.2. The highest BCUT2D eigenvalue weighted by Gasteiger charge is 2.23. The van der Waals surface area contributed by atoms with Gasteiger partial charge in [0.15, 0.2) is 5.16 Å². The van der Waals surface area contributed by atoms with E-state index in [-0.39, 0.29) is 5.91 Å². The second-order valence-electron chi connectivity index (χ2n) is 5.93.